The van der Waals surface area contributed by atoms with E-state index in [4.69, 9.17) is 9.47 Å². The van der Waals surface area contributed by atoms with E-state index in [1.165, 1.54) is 5.56 Å². The third-order valence-corrected chi connectivity index (χ3v) is 2.95. The van der Waals surface area contributed by atoms with E-state index in [-0.39, 0.29) is 0 Å². The molecule has 2 aromatic carbocycles. The van der Waals surface area contributed by atoms with Crippen molar-refractivity contribution in [3.63, 3.8) is 0 Å². The third kappa shape index (κ3) is 3.91. The fourth-order valence-corrected chi connectivity index (χ4v) is 1.91. The minimum atomic E-state index is 0.867. The highest BCUT2D eigenvalue weighted by atomic mass is 16.5. The highest BCUT2D eigenvalue weighted by Gasteiger charge is 1.98. The molecule has 0 saturated heterocycles. The van der Waals surface area contributed by atoms with Crippen molar-refractivity contribution < 1.29 is 9.47 Å². The minimum absolute atomic E-state index is 0.867. The Balaban J connectivity index is 1.88. The first-order chi connectivity index (χ1) is 9.31. The minimum Gasteiger partial charge on any atom is -0.497 e. The maximum Gasteiger partial charge on any atom is 0.120 e. The van der Waals surface area contributed by atoms with Gasteiger partial charge in [-0.05, 0) is 36.2 Å². The van der Waals surface area contributed by atoms with Gasteiger partial charge in [0.15, 0.2) is 0 Å². The van der Waals surface area contributed by atoms with Crippen LogP contribution in [0.3, 0.4) is 0 Å². The average Bonchev–Trinajstić information content (AvgIpc) is 2.48. The Labute approximate surface area is 114 Å². The molecule has 3 heteroatoms. The Morgan fingerprint density at radius 2 is 1.58 bits per heavy atom. The lowest BCUT2D eigenvalue weighted by Gasteiger charge is -2.08. The molecular weight excluding hydrogens is 238 g/mol. The summed E-state index contributed by atoms with van der Waals surface area (Å²) in [6, 6.07) is 16.1. The van der Waals surface area contributed by atoms with Crippen LogP contribution in [0.15, 0.2) is 48.5 Å². The SMILES string of the molecule is COc1cccc(CCNc2cccc(OC)c2)c1. The molecule has 2 rings (SSSR count). The lowest BCUT2D eigenvalue weighted by Crippen LogP contribution is -2.04. The molecule has 0 spiro atoms. The van der Waals surface area contributed by atoms with E-state index in [1.807, 2.05) is 36.4 Å². The van der Waals surface area contributed by atoms with E-state index in [0.29, 0.717) is 0 Å². The average molecular weight is 257 g/mol. The fourth-order valence-electron chi connectivity index (χ4n) is 1.91. The van der Waals surface area contributed by atoms with E-state index in [0.717, 1.165) is 30.2 Å². The maximum atomic E-state index is 5.21. The summed E-state index contributed by atoms with van der Waals surface area (Å²) in [6.45, 7) is 0.875. The quantitative estimate of drug-likeness (QED) is 0.860. The van der Waals surface area contributed by atoms with Gasteiger partial charge in [-0.1, -0.05) is 18.2 Å². The standard InChI is InChI=1S/C16H19NO2/c1-18-15-7-3-5-13(11-15)9-10-17-14-6-4-8-16(12-14)19-2/h3-8,11-12,17H,9-10H2,1-2H3. The van der Waals surface area contributed by atoms with Gasteiger partial charge in [0, 0.05) is 18.3 Å². The van der Waals surface area contributed by atoms with Gasteiger partial charge in [0.05, 0.1) is 14.2 Å². The van der Waals surface area contributed by atoms with Crippen LogP contribution in [0.5, 0.6) is 11.5 Å². The number of hydrogen-bond donors (Lipinski definition) is 1. The van der Waals surface area contributed by atoms with E-state index >= 15 is 0 Å². The predicted molar refractivity (Wildman–Crippen MR) is 78.2 cm³/mol. The van der Waals surface area contributed by atoms with Crippen molar-refractivity contribution in [2.24, 2.45) is 0 Å². The van der Waals surface area contributed by atoms with Gasteiger partial charge in [0.2, 0.25) is 0 Å². The van der Waals surface area contributed by atoms with E-state index in [2.05, 4.69) is 17.4 Å². The zero-order chi connectivity index (χ0) is 13.5. The molecule has 0 aliphatic heterocycles. The molecular formula is C16H19NO2. The van der Waals surface area contributed by atoms with Gasteiger partial charge >= 0.3 is 0 Å². The monoisotopic (exact) mass is 257 g/mol. The second-order valence-corrected chi connectivity index (χ2v) is 4.26. The number of methoxy groups -OCH3 is 2. The van der Waals surface area contributed by atoms with E-state index in [9.17, 15) is 0 Å². The highest BCUT2D eigenvalue weighted by Crippen LogP contribution is 2.17. The van der Waals surface area contributed by atoms with Gasteiger partial charge < -0.3 is 14.8 Å². The Morgan fingerprint density at radius 1 is 0.895 bits per heavy atom. The molecule has 1 N–H and O–H groups in total. The summed E-state index contributed by atoms with van der Waals surface area (Å²) in [4.78, 5) is 0. The van der Waals surface area contributed by atoms with Gasteiger partial charge in [0.1, 0.15) is 11.5 Å². The van der Waals surface area contributed by atoms with Gasteiger partial charge in [-0.15, -0.1) is 0 Å². The Kier molecular flexibility index (Phi) is 4.67. The number of benzene rings is 2. The number of nitrogens with one attached hydrogen (secondary N) is 1. The molecule has 0 unspecified atom stereocenters. The molecule has 0 fully saturated rings. The topological polar surface area (TPSA) is 30.5 Å². The number of rotatable bonds is 6. The van der Waals surface area contributed by atoms with Crippen molar-refractivity contribution in [3.05, 3.63) is 54.1 Å². The lowest BCUT2D eigenvalue weighted by molar-refractivity contribution is 0.414. The highest BCUT2D eigenvalue weighted by molar-refractivity contribution is 5.48. The molecule has 0 amide bonds. The molecule has 2 aromatic rings. The summed E-state index contributed by atoms with van der Waals surface area (Å²) in [5.74, 6) is 1.77. The van der Waals surface area contributed by atoms with Gasteiger partial charge in [-0.2, -0.15) is 0 Å². The summed E-state index contributed by atoms with van der Waals surface area (Å²) in [5.41, 5.74) is 2.33. The zero-order valence-electron chi connectivity index (χ0n) is 11.3. The normalized spacial score (nSPS) is 10.0. The fraction of sp³-hybridized carbons (Fsp3) is 0.250. The van der Waals surface area contributed by atoms with Crippen LogP contribution in [0.2, 0.25) is 0 Å². The molecule has 3 nitrogen and oxygen atoms in total. The van der Waals surface area contributed by atoms with Crippen LogP contribution in [-0.4, -0.2) is 20.8 Å². The summed E-state index contributed by atoms with van der Waals surface area (Å²) >= 11 is 0. The van der Waals surface area contributed by atoms with Crippen LogP contribution in [0, 0.1) is 0 Å². The first kappa shape index (κ1) is 13.3. The molecule has 19 heavy (non-hydrogen) atoms. The van der Waals surface area contributed by atoms with Crippen molar-refractivity contribution >= 4 is 5.69 Å². The van der Waals surface area contributed by atoms with Crippen LogP contribution >= 0.6 is 0 Å². The molecule has 0 heterocycles. The zero-order valence-corrected chi connectivity index (χ0v) is 11.3. The third-order valence-electron chi connectivity index (χ3n) is 2.95. The molecule has 100 valence electrons. The molecule has 0 radical (unpaired) electrons. The van der Waals surface area contributed by atoms with E-state index in [1.54, 1.807) is 14.2 Å². The van der Waals surface area contributed by atoms with E-state index < -0.39 is 0 Å². The largest absolute Gasteiger partial charge is 0.497 e. The van der Waals surface area contributed by atoms with Crippen molar-refractivity contribution in [3.8, 4) is 11.5 Å². The summed E-state index contributed by atoms with van der Waals surface area (Å²) in [7, 11) is 3.36. The summed E-state index contributed by atoms with van der Waals surface area (Å²) in [6.07, 6.45) is 0.953. The number of ether oxygens (including phenoxy) is 2. The maximum absolute atomic E-state index is 5.21. The van der Waals surface area contributed by atoms with Crippen LogP contribution in [0.4, 0.5) is 5.69 Å². The Bertz CT molecular complexity index is 478. The molecule has 0 aliphatic carbocycles. The summed E-state index contributed by atoms with van der Waals surface area (Å²) in [5, 5.41) is 3.38. The molecule has 0 aliphatic rings. The second-order valence-electron chi connectivity index (χ2n) is 4.26. The smallest absolute Gasteiger partial charge is 0.120 e. The predicted octanol–water partition coefficient (Wildman–Crippen LogP) is 3.36. The van der Waals surface area contributed by atoms with Crippen molar-refractivity contribution in [1.29, 1.82) is 0 Å². The molecule has 0 bridgehead atoms. The molecule has 0 atom stereocenters. The lowest BCUT2D eigenvalue weighted by atomic mass is 10.1. The first-order valence-electron chi connectivity index (χ1n) is 6.32. The van der Waals surface area contributed by atoms with Crippen LogP contribution in [-0.2, 0) is 6.42 Å². The Morgan fingerprint density at radius 3 is 2.32 bits per heavy atom. The van der Waals surface area contributed by atoms with Crippen LogP contribution < -0.4 is 14.8 Å². The molecule has 0 aromatic heterocycles. The molecule has 0 saturated carbocycles. The van der Waals surface area contributed by atoms with Crippen molar-refractivity contribution in [2.45, 2.75) is 6.42 Å². The van der Waals surface area contributed by atoms with Crippen LogP contribution in [0.1, 0.15) is 5.56 Å². The number of anilines is 1. The second kappa shape index (κ2) is 6.69. The van der Waals surface area contributed by atoms with Gasteiger partial charge in [0.25, 0.3) is 0 Å². The van der Waals surface area contributed by atoms with Crippen molar-refractivity contribution in [1.82, 2.24) is 0 Å². The summed E-state index contributed by atoms with van der Waals surface area (Å²) < 4.78 is 10.4. The van der Waals surface area contributed by atoms with Crippen molar-refractivity contribution in [2.75, 3.05) is 26.1 Å². The number of hydrogen-bond acceptors (Lipinski definition) is 3. The van der Waals surface area contributed by atoms with Gasteiger partial charge in [-0.3, -0.25) is 0 Å². The Hall–Kier alpha value is -2.16. The van der Waals surface area contributed by atoms with Gasteiger partial charge in [-0.25, -0.2) is 0 Å². The first-order valence-corrected chi connectivity index (χ1v) is 6.32. The van der Waals surface area contributed by atoms with Crippen LogP contribution in [0.25, 0.3) is 0 Å².